The summed E-state index contributed by atoms with van der Waals surface area (Å²) in [5.74, 6) is -0.680. The molecule has 5 rings (SSSR count). The number of hydrogen-bond acceptors (Lipinski definition) is 5. The molecule has 0 unspecified atom stereocenters. The third kappa shape index (κ3) is 3.53. The lowest BCUT2D eigenvalue weighted by atomic mass is 10.1. The topological polar surface area (TPSA) is 94.9 Å². The fraction of sp³-hybridized carbons (Fsp3) is 0.208. The number of carbonyl (C=O) groups is 1. The maximum atomic E-state index is 13.4. The van der Waals surface area contributed by atoms with Crippen LogP contribution in [0, 0.1) is 26.6 Å². The average Bonchev–Trinajstić information content (AvgIpc) is 3.45. The second kappa shape index (κ2) is 7.91. The van der Waals surface area contributed by atoms with Gasteiger partial charge in [-0.1, -0.05) is 0 Å². The van der Waals surface area contributed by atoms with Crippen molar-refractivity contribution < 1.29 is 9.18 Å². The normalized spacial score (nSPS) is 11.4. The number of anilines is 1. The number of halogens is 1. The summed E-state index contributed by atoms with van der Waals surface area (Å²) in [4.78, 5) is 18.2. The van der Waals surface area contributed by atoms with Gasteiger partial charge in [0.05, 0.1) is 34.7 Å². The van der Waals surface area contributed by atoms with E-state index in [-0.39, 0.29) is 11.7 Å². The lowest BCUT2D eigenvalue weighted by Gasteiger charge is -2.09. The monoisotopic (exact) mass is 458 g/mol. The number of nitrogens with one attached hydrogen (secondary N) is 1. The van der Waals surface area contributed by atoms with Gasteiger partial charge in [-0.05, 0) is 51.1 Å². The molecule has 4 aromatic heterocycles. The molecule has 0 aliphatic heterocycles. The van der Waals surface area contributed by atoms with Crippen LogP contribution in [0.1, 0.15) is 27.6 Å². The molecular formula is C24H23FN8O. The second-order valence-electron chi connectivity index (χ2n) is 8.22. The molecule has 1 N–H and O–H groups in total. The van der Waals surface area contributed by atoms with Crippen LogP contribution in [0.25, 0.3) is 28.2 Å². The van der Waals surface area contributed by atoms with Gasteiger partial charge in [0.1, 0.15) is 11.5 Å². The van der Waals surface area contributed by atoms with E-state index >= 15 is 0 Å². The third-order valence-electron chi connectivity index (χ3n) is 6.05. The van der Waals surface area contributed by atoms with E-state index in [2.05, 4.69) is 20.6 Å². The van der Waals surface area contributed by atoms with Crippen LogP contribution < -0.4 is 5.32 Å². The van der Waals surface area contributed by atoms with Crippen molar-refractivity contribution in [1.29, 1.82) is 0 Å². The van der Waals surface area contributed by atoms with Crippen molar-refractivity contribution in [3.8, 4) is 22.5 Å². The highest BCUT2D eigenvalue weighted by molar-refractivity contribution is 6.04. The summed E-state index contributed by atoms with van der Waals surface area (Å²) >= 11 is 0. The number of aromatic nitrogens is 7. The lowest BCUT2D eigenvalue weighted by molar-refractivity contribution is 0.102. The van der Waals surface area contributed by atoms with E-state index in [0.29, 0.717) is 28.4 Å². The predicted molar refractivity (Wildman–Crippen MR) is 126 cm³/mol. The highest BCUT2D eigenvalue weighted by atomic mass is 19.1. The molecule has 34 heavy (non-hydrogen) atoms. The maximum absolute atomic E-state index is 13.4. The molecule has 172 valence electrons. The van der Waals surface area contributed by atoms with Crippen LogP contribution in [0.3, 0.4) is 0 Å². The fourth-order valence-electron chi connectivity index (χ4n) is 3.98. The number of aryl methyl sites for hydroxylation is 3. The van der Waals surface area contributed by atoms with Crippen LogP contribution in [0.15, 0.2) is 42.6 Å². The molecule has 1 amide bonds. The Bertz CT molecular complexity index is 1560. The van der Waals surface area contributed by atoms with Crippen LogP contribution in [0.5, 0.6) is 0 Å². The zero-order valence-corrected chi connectivity index (χ0v) is 19.5. The minimum atomic E-state index is -0.349. The van der Waals surface area contributed by atoms with Gasteiger partial charge in [0.25, 0.3) is 5.91 Å². The van der Waals surface area contributed by atoms with Crippen molar-refractivity contribution in [3.63, 3.8) is 0 Å². The standard InChI is InChI=1S/C24H23FN8O/c1-13-23(15(3)32(5)29-13)19-10-21(24(34)28-20-12-26-31(4)14(20)2)33-22(27-19)11-18(30-33)16-6-8-17(25)9-7-16/h6-12H,1-5H3,(H,28,34). The summed E-state index contributed by atoms with van der Waals surface area (Å²) in [5.41, 5.74) is 6.75. The highest BCUT2D eigenvalue weighted by Gasteiger charge is 2.21. The quantitative estimate of drug-likeness (QED) is 0.442. The minimum absolute atomic E-state index is 0.305. The molecule has 0 atom stereocenters. The van der Waals surface area contributed by atoms with Gasteiger partial charge in [-0.2, -0.15) is 15.3 Å². The van der Waals surface area contributed by atoms with Gasteiger partial charge in [0.2, 0.25) is 0 Å². The zero-order valence-electron chi connectivity index (χ0n) is 19.5. The largest absolute Gasteiger partial charge is 0.318 e. The summed E-state index contributed by atoms with van der Waals surface area (Å²) in [6.45, 7) is 5.74. The average molecular weight is 459 g/mol. The van der Waals surface area contributed by atoms with Gasteiger partial charge >= 0.3 is 0 Å². The fourth-order valence-corrected chi connectivity index (χ4v) is 3.98. The first-order valence-corrected chi connectivity index (χ1v) is 10.7. The van der Waals surface area contributed by atoms with Gasteiger partial charge in [0.15, 0.2) is 5.65 Å². The van der Waals surface area contributed by atoms with Crippen LogP contribution >= 0.6 is 0 Å². The molecule has 0 saturated heterocycles. The van der Waals surface area contributed by atoms with Crippen molar-refractivity contribution >= 4 is 17.2 Å². The molecule has 4 heterocycles. The Morgan fingerprint density at radius 1 is 0.941 bits per heavy atom. The molecule has 0 aliphatic rings. The number of hydrogen-bond donors (Lipinski definition) is 1. The Morgan fingerprint density at radius 3 is 2.29 bits per heavy atom. The van der Waals surface area contributed by atoms with Gasteiger partial charge in [-0.3, -0.25) is 14.2 Å². The summed E-state index contributed by atoms with van der Waals surface area (Å²) in [7, 11) is 3.68. The molecule has 0 spiro atoms. The van der Waals surface area contributed by atoms with E-state index in [9.17, 15) is 9.18 Å². The Labute approximate surface area is 194 Å². The van der Waals surface area contributed by atoms with Crippen LogP contribution in [0.2, 0.25) is 0 Å². The van der Waals surface area contributed by atoms with Crippen molar-refractivity contribution in [2.75, 3.05) is 5.32 Å². The molecule has 0 bridgehead atoms. The first-order chi connectivity index (χ1) is 16.2. The van der Waals surface area contributed by atoms with Crippen molar-refractivity contribution in [2.45, 2.75) is 20.8 Å². The third-order valence-corrected chi connectivity index (χ3v) is 6.05. The lowest BCUT2D eigenvalue weighted by Crippen LogP contribution is -2.18. The van der Waals surface area contributed by atoms with Gasteiger partial charge in [0, 0.05) is 37.0 Å². The SMILES string of the molecule is Cc1nn(C)c(C)c1-c1cc(C(=O)Nc2cnn(C)c2C)n2nc(-c3ccc(F)cc3)cc2n1. The van der Waals surface area contributed by atoms with Crippen LogP contribution in [-0.4, -0.2) is 40.1 Å². The Morgan fingerprint density at radius 2 is 1.68 bits per heavy atom. The molecule has 5 aromatic rings. The zero-order chi connectivity index (χ0) is 24.1. The van der Waals surface area contributed by atoms with Crippen molar-refractivity contribution in [1.82, 2.24) is 34.2 Å². The Kier molecular flexibility index (Phi) is 5.00. The van der Waals surface area contributed by atoms with Crippen molar-refractivity contribution in [2.24, 2.45) is 14.1 Å². The maximum Gasteiger partial charge on any atom is 0.274 e. The molecule has 0 fully saturated rings. The van der Waals surface area contributed by atoms with Gasteiger partial charge in [-0.25, -0.2) is 13.9 Å². The molecule has 0 radical (unpaired) electrons. The number of carbonyl (C=O) groups excluding carboxylic acids is 1. The van der Waals surface area contributed by atoms with Crippen molar-refractivity contribution in [3.05, 3.63) is 71.2 Å². The molecular weight excluding hydrogens is 435 g/mol. The van der Waals surface area contributed by atoms with E-state index in [1.807, 2.05) is 34.9 Å². The summed E-state index contributed by atoms with van der Waals surface area (Å²) in [5, 5.41) is 16.2. The van der Waals surface area contributed by atoms with E-state index in [1.165, 1.54) is 16.6 Å². The van der Waals surface area contributed by atoms with E-state index in [4.69, 9.17) is 4.98 Å². The van der Waals surface area contributed by atoms with E-state index in [1.54, 1.807) is 39.8 Å². The first-order valence-electron chi connectivity index (χ1n) is 10.7. The summed E-state index contributed by atoms with van der Waals surface area (Å²) in [6.07, 6.45) is 1.61. The number of rotatable bonds is 4. The number of nitrogens with zero attached hydrogens (tertiary/aromatic N) is 7. The van der Waals surface area contributed by atoms with Crippen LogP contribution in [-0.2, 0) is 14.1 Å². The Balaban J connectivity index is 1.69. The highest BCUT2D eigenvalue weighted by Crippen LogP contribution is 2.28. The summed E-state index contributed by atoms with van der Waals surface area (Å²) < 4.78 is 18.4. The number of benzene rings is 1. The smallest absolute Gasteiger partial charge is 0.274 e. The molecule has 0 saturated carbocycles. The molecule has 0 aliphatic carbocycles. The molecule has 1 aromatic carbocycles. The minimum Gasteiger partial charge on any atom is -0.318 e. The van der Waals surface area contributed by atoms with Gasteiger partial charge < -0.3 is 5.32 Å². The number of amides is 1. The molecule has 10 heteroatoms. The van der Waals surface area contributed by atoms with Crippen LogP contribution in [0.4, 0.5) is 10.1 Å². The number of fused-ring (bicyclic) bond motifs is 1. The second-order valence-corrected chi connectivity index (χ2v) is 8.22. The van der Waals surface area contributed by atoms with E-state index < -0.39 is 0 Å². The predicted octanol–water partition coefficient (Wildman–Crippen LogP) is 3.85. The van der Waals surface area contributed by atoms with Gasteiger partial charge in [-0.15, -0.1) is 0 Å². The first kappa shape index (κ1) is 21.5. The summed E-state index contributed by atoms with van der Waals surface area (Å²) in [6, 6.07) is 9.54. The Hall–Kier alpha value is -4.34. The van der Waals surface area contributed by atoms with E-state index in [0.717, 1.165) is 28.2 Å². The molecule has 9 nitrogen and oxygen atoms in total.